The predicted molar refractivity (Wildman–Crippen MR) is 102 cm³/mol. The number of hydrogen-bond donors (Lipinski definition) is 1. The predicted octanol–water partition coefficient (Wildman–Crippen LogP) is 4.19. The van der Waals surface area contributed by atoms with Crippen LogP contribution in [-0.4, -0.2) is 25.2 Å². The Morgan fingerprint density at radius 1 is 1.15 bits per heavy atom. The maximum Gasteiger partial charge on any atom is 0.258 e. The van der Waals surface area contributed by atoms with E-state index >= 15 is 0 Å². The van der Waals surface area contributed by atoms with E-state index < -0.39 is 0 Å². The summed E-state index contributed by atoms with van der Waals surface area (Å²) in [7, 11) is 1.62. The smallest absolute Gasteiger partial charge is 0.258 e. The third-order valence-electron chi connectivity index (χ3n) is 6.35. The second kappa shape index (κ2) is 6.98. The Balaban J connectivity index is 1.37. The van der Waals surface area contributed by atoms with E-state index in [1.54, 1.807) is 7.11 Å². The monoisotopic (exact) mass is 355 g/mol. The molecule has 4 aliphatic carbocycles. The fourth-order valence-electron chi connectivity index (χ4n) is 5.84. The van der Waals surface area contributed by atoms with Gasteiger partial charge in [-0.1, -0.05) is 18.2 Å². The molecule has 0 saturated heterocycles. The maximum absolute atomic E-state index is 12.6. The van der Waals surface area contributed by atoms with Gasteiger partial charge in [-0.2, -0.15) is 0 Å². The van der Waals surface area contributed by atoms with Crippen molar-refractivity contribution in [2.45, 2.75) is 51.0 Å². The standard InChI is InChI=1S/C22H29NO3/c1-3-4-15-5-6-19(20(10-15)25-2)26-14-21(24)23-22-11-16-7-17(12-22)9-18(8-16)13-22/h3-6,10,16-18H,7-9,11-14H2,1-2H3,(H,23,24)/b4-3+. The van der Waals surface area contributed by atoms with Gasteiger partial charge in [-0.05, 0) is 80.9 Å². The van der Waals surface area contributed by atoms with Crippen molar-refractivity contribution in [3.05, 3.63) is 29.8 Å². The minimum atomic E-state index is -0.00784. The third-order valence-corrected chi connectivity index (χ3v) is 6.35. The Kier molecular flexibility index (Phi) is 4.68. The first-order valence-electron chi connectivity index (χ1n) is 9.84. The lowest BCUT2D eigenvalue weighted by molar-refractivity contribution is -0.128. The minimum Gasteiger partial charge on any atom is -0.493 e. The van der Waals surface area contributed by atoms with Crippen LogP contribution in [0.4, 0.5) is 0 Å². The van der Waals surface area contributed by atoms with E-state index in [2.05, 4.69) is 5.32 Å². The summed E-state index contributed by atoms with van der Waals surface area (Å²) in [5, 5.41) is 3.35. The van der Waals surface area contributed by atoms with Gasteiger partial charge in [0.15, 0.2) is 18.1 Å². The van der Waals surface area contributed by atoms with Crippen LogP contribution >= 0.6 is 0 Å². The first-order chi connectivity index (χ1) is 12.6. The van der Waals surface area contributed by atoms with Crippen molar-refractivity contribution in [2.75, 3.05) is 13.7 Å². The third kappa shape index (κ3) is 3.46. The molecule has 1 aromatic carbocycles. The van der Waals surface area contributed by atoms with Gasteiger partial charge in [-0.3, -0.25) is 4.79 Å². The molecule has 1 aromatic rings. The molecule has 4 saturated carbocycles. The first-order valence-corrected chi connectivity index (χ1v) is 9.84. The molecule has 0 aliphatic heterocycles. The summed E-state index contributed by atoms with van der Waals surface area (Å²) in [5.41, 5.74) is 1.09. The molecule has 5 rings (SSSR count). The molecule has 4 heteroatoms. The molecule has 26 heavy (non-hydrogen) atoms. The van der Waals surface area contributed by atoms with E-state index in [1.807, 2.05) is 37.3 Å². The Hall–Kier alpha value is -1.97. The second-order valence-corrected chi connectivity index (χ2v) is 8.45. The van der Waals surface area contributed by atoms with Gasteiger partial charge < -0.3 is 14.8 Å². The zero-order valence-corrected chi connectivity index (χ0v) is 15.8. The molecule has 0 spiro atoms. The average molecular weight is 355 g/mol. The van der Waals surface area contributed by atoms with Crippen LogP contribution in [0, 0.1) is 17.8 Å². The van der Waals surface area contributed by atoms with Crippen molar-refractivity contribution in [2.24, 2.45) is 17.8 Å². The summed E-state index contributed by atoms with van der Waals surface area (Å²) in [6, 6.07) is 5.76. The molecule has 1 amide bonds. The molecule has 4 nitrogen and oxygen atoms in total. The summed E-state index contributed by atoms with van der Waals surface area (Å²) in [6.45, 7) is 2.02. The minimum absolute atomic E-state index is 0.00784. The lowest BCUT2D eigenvalue weighted by atomic mass is 9.53. The average Bonchev–Trinajstić information content (AvgIpc) is 2.59. The van der Waals surface area contributed by atoms with Crippen molar-refractivity contribution in [3.8, 4) is 11.5 Å². The Bertz CT molecular complexity index is 674. The fraction of sp³-hybridized carbons (Fsp3) is 0.591. The molecule has 4 aliphatic rings. The van der Waals surface area contributed by atoms with Gasteiger partial charge in [0.25, 0.3) is 5.91 Å². The molecule has 0 unspecified atom stereocenters. The summed E-state index contributed by atoms with van der Waals surface area (Å²) in [4.78, 5) is 12.6. The summed E-state index contributed by atoms with van der Waals surface area (Å²) in [5.74, 6) is 3.72. The maximum atomic E-state index is 12.6. The molecule has 0 heterocycles. The number of carbonyl (C=O) groups is 1. The van der Waals surface area contributed by atoms with Gasteiger partial charge in [-0.25, -0.2) is 0 Å². The number of ether oxygens (including phenoxy) is 2. The number of nitrogens with one attached hydrogen (secondary N) is 1. The highest BCUT2D eigenvalue weighted by atomic mass is 16.5. The van der Waals surface area contributed by atoms with Crippen molar-refractivity contribution in [1.82, 2.24) is 5.32 Å². The number of rotatable bonds is 6. The fourth-order valence-corrected chi connectivity index (χ4v) is 5.84. The van der Waals surface area contributed by atoms with Crippen molar-refractivity contribution in [1.29, 1.82) is 0 Å². The number of carbonyl (C=O) groups excluding carboxylic acids is 1. The van der Waals surface area contributed by atoms with E-state index in [-0.39, 0.29) is 18.1 Å². The molecular weight excluding hydrogens is 326 g/mol. The zero-order chi connectivity index (χ0) is 18.1. The van der Waals surface area contributed by atoms with E-state index in [0.717, 1.165) is 42.6 Å². The highest BCUT2D eigenvalue weighted by molar-refractivity contribution is 5.78. The van der Waals surface area contributed by atoms with Crippen LogP contribution in [0.5, 0.6) is 11.5 Å². The van der Waals surface area contributed by atoms with Crippen LogP contribution < -0.4 is 14.8 Å². The van der Waals surface area contributed by atoms with Crippen molar-refractivity contribution >= 4 is 12.0 Å². The van der Waals surface area contributed by atoms with Crippen molar-refractivity contribution in [3.63, 3.8) is 0 Å². The zero-order valence-electron chi connectivity index (χ0n) is 15.8. The van der Waals surface area contributed by atoms with Crippen LogP contribution in [0.2, 0.25) is 0 Å². The number of allylic oxidation sites excluding steroid dienone is 1. The summed E-state index contributed by atoms with van der Waals surface area (Å²) >= 11 is 0. The summed E-state index contributed by atoms with van der Waals surface area (Å²) in [6.07, 6.45) is 11.6. The molecule has 1 N–H and O–H groups in total. The number of amides is 1. The summed E-state index contributed by atoms with van der Waals surface area (Å²) < 4.78 is 11.2. The van der Waals surface area contributed by atoms with Crippen LogP contribution in [0.15, 0.2) is 24.3 Å². The van der Waals surface area contributed by atoms with Crippen LogP contribution in [0.1, 0.15) is 51.0 Å². The molecule has 140 valence electrons. The quantitative estimate of drug-likeness (QED) is 0.832. The lowest BCUT2D eigenvalue weighted by Crippen LogP contribution is -2.60. The van der Waals surface area contributed by atoms with Crippen LogP contribution in [0.25, 0.3) is 6.08 Å². The van der Waals surface area contributed by atoms with E-state index in [0.29, 0.717) is 11.5 Å². The van der Waals surface area contributed by atoms with Gasteiger partial charge in [-0.15, -0.1) is 0 Å². The van der Waals surface area contributed by atoms with E-state index in [1.165, 1.54) is 19.3 Å². The second-order valence-electron chi connectivity index (χ2n) is 8.45. The largest absolute Gasteiger partial charge is 0.493 e. The first kappa shape index (κ1) is 17.4. The molecule has 0 aromatic heterocycles. The van der Waals surface area contributed by atoms with Gasteiger partial charge in [0.2, 0.25) is 0 Å². The van der Waals surface area contributed by atoms with Crippen LogP contribution in [-0.2, 0) is 4.79 Å². The highest BCUT2D eigenvalue weighted by Gasteiger charge is 2.51. The number of benzene rings is 1. The van der Waals surface area contributed by atoms with E-state index in [9.17, 15) is 4.79 Å². The Labute approximate surface area is 156 Å². The molecular formula is C22H29NO3. The van der Waals surface area contributed by atoms with Crippen LogP contribution in [0.3, 0.4) is 0 Å². The van der Waals surface area contributed by atoms with Gasteiger partial charge >= 0.3 is 0 Å². The number of methoxy groups -OCH3 is 1. The molecule has 4 fully saturated rings. The van der Waals surface area contributed by atoms with E-state index in [4.69, 9.17) is 9.47 Å². The molecule has 0 atom stereocenters. The van der Waals surface area contributed by atoms with Crippen molar-refractivity contribution < 1.29 is 14.3 Å². The molecule has 4 bridgehead atoms. The topological polar surface area (TPSA) is 47.6 Å². The number of hydrogen-bond acceptors (Lipinski definition) is 3. The SMILES string of the molecule is C/C=C/c1ccc(OCC(=O)NC23CC4CC(CC(C4)C2)C3)c(OC)c1. The normalized spacial score (nSPS) is 32.0. The van der Waals surface area contributed by atoms with Gasteiger partial charge in [0.05, 0.1) is 7.11 Å². The Morgan fingerprint density at radius 2 is 1.81 bits per heavy atom. The van der Waals surface area contributed by atoms with Gasteiger partial charge in [0.1, 0.15) is 0 Å². The van der Waals surface area contributed by atoms with Gasteiger partial charge in [0, 0.05) is 5.54 Å². The molecule has 0 radical (unpaired) electrons. The Morgan fingerprint density at radius 3 is 2.38 bits per heavy atom. The lowest BCUT2D eigenvalue weighted by Gasteiger charge is -2.56. The highest BCUT2D eigenvalue weighted by Crippen LogP contribution is 2.55.